The van der Waals surface area contributed by atoms with Gasteiger partial charge in [-0.25, -0.2) is 0 Å². The van der Waals surface area contributed by atoms with Crippen LogP contribution >= 0.6 is 0 Å². The van der Waals surface area contributed by atoms with Gasteiger partial charge >= 0.3 is 0 Å². The second kappa shape index (κ2) is 5.15. The highest BCUT2D eigenvalue weighted by atomic mass is 16.5. The zero-order valence-electron chi connectivity index (χ0n) is 10.2. The van der Waals surface area contributed by atoms with Crippen LogP contribution in [-0.2, 0) is 9.53 Å². The van der Waals surface area contributed by atoms with Crippen LogP contribution in [0.25, 0.3) is 0 Å². The minimum atomic E-state index is 0.177. The number of nitrogens with zero attached hydrogens (tertiary/aromatic N) is 1. The predicted molar refractivity (Wildman–Crippen MR) is 62.2 cm³/mol. The first-order valence-electron chi connectivity index (χ1n) is 6.31. The van der Waals surface area contributed by atoms with E-state index in [-0.39, 0.29) is 18.1 Å². The van der Waals surface area contributed by atoms with Crippen LogP contribution < -0.4 is 5.32 Å². The lowest BCUT2D eigenvalue weighted by atomic mass is 9.97. The molecule has 2 saturated heterocycles. The fourth-order valence-electron chi connectivity index (χ4n) is 2.51. The van der Waals surface area contributed by atoms with E-state index in [2.05, 4.69) is 12.2 Å². The summed E-state index contributed by atoms with van der Waals surface area (Å²) >= 11 is 0. The minimum Gasteiger partial charge on any atom is -0.375 e. The van der Waals surface area contributed by atoms with Crippen molar-refractivity contribution in [1.29, 1.82) is 0 Å². The molecule has 1 amide bonds. The minimum absolute atomic E-state index is 0.177. The van der Waals surface area contributed by atoms with E-state index in [9.17, 15) is 4.79 Å². The molecule has 1 N–H and O–H groups in total. The number of carbonyl (C=O) groups is 1. The van der Waals surface area contributed by atoms with E-state index >= 15 is 0 Å². The first-order chi connectivity index (χ1) is 7.68. The Kier molecular flexibility index (Phi) is 3.82. The maximum absolute atomic E-state index is 12.3. The van der Waals surface area contributed by atoms with Crippen molar-refractivity contribution in [3.8, 4) is 0 Å². The maximum Gasteiger partial charge on any atom is 0.227 e. The van der Waals surface area contributed by atoms with Crippen LogP contribution in [0.1, 0.15) is 26.7 Å². The number of rotatable bonds is 1. The van der Waals surface area contributed by atoms with Gasteiger partial charge in [0.25, 0.3) is 0 Å². The molecule has 4 heteroatoms. The van der Waals surface area contributed by atoms with E-state index in [0.717, 1.165) is 32.5 Å². The Balaban J connectivity index is 1.96. The summed E-state index contributed by atoms with van der Waals surface area (Å²) in [5.74, 6) is 0.497. The van der Waals surface area contributed by atoms with Gasteiger partial charge in [-0.2, -0.15) is 0 Å². The number of hydrogen-bond donors (Lipinski definition) is 1. The summed E-state index contributed by atoms with van der Waals surface area (Å²) in [6.45, 7) is 7.42. The average molecular weight is 226 g/mol. The lowest BCUT2D eigenvalue weighted by Gasteiger charge is -2.39. The molecule has 0 aromatic rings. The molecule has 0 radical (unpaired) electrons. The van der Waals surface area contributed by atoms with E-state index in [0.29, 0.717) is 12.5 Å². The summed E-state index contributed by atoms with van der Waals surface area (Å²) in [4.78, 5) is 14.3. The summed E-state index contributed by atoms with van der Waals surface area (Å²) in [5, 5.41) is 3.30. The predicted octanol–water partition coefficient (Wildman–Crippen LogP) is 0.622. The third-order valence-electron chi connectivity index (χ3n) is 3.54. The quantitative estimate of drug-likeness (QED) is 0.713. The van der Waals surface area contributed by atoms with Gasteiger partial charge in [0, 0.05) is 13.1 Å². The van der Waals surface area contributed by atoms with Gasteiger partial charge in [0.15, 0.2) is 0 Å². The Morgan fingerprint density at radius 1 is 1.44 bits per heavy atom. The normalized spacial score (nSPS) is 36.1. The zero-order valence-corrected chi connectivity index (χ0v) is 10.2. The summed E-state index contributed by atoms with van der Waals surface area (Å²) in [7, 11) is 0. The Morgan fingerprint density at radius 2 is 2.25 bits per heavy atom. The van der Waals surface area contributed by atoms with Gasteiger partial charge in [0.2, 0.25) is 5.91 Å². The van der Waals surface area contributed by atoms with E-state index in [4.69, 9.17) is 4.74 Å². The van der Waals surface area contributed by atoms with Gasteiger partial charge in [-0.05, 0) is 33.2 Å². The number of morpholine rings is 1. The maximum atomic E-state index is 12.3. The van der Waals surface area contributed by atoms with Crippen molar-refractivity contribution >= 4 is 5.91 Å². The van der Waals surface area contributed by atoms with Crippen LogP contribution in [0.15, 0.2) is 0 Å². The largest absolute Gasteiger partial charge is 0.375 e. The van der Waals surface area contributed by atoms with Crippen molar-refractivity contribution in [2.45, 2.75) is 38.8 Å². The third kappa shape index (κ3) is 2.55. The highest BCUT2D eigenvalue weighted by molar-refractivity contribution is 5.79. The first-order valence-corrected chi connectivity index (χ1v) is 6.31. The van der Waals surface area contributed by atoms with Crippen molar-refractivity contribution in [3.05, 3.63) is 0 Å². The van der Waals surface area contributed by atoms with Crippen molar-refractivity contribution in [3.63, 3.8) is 0 Å². The molecule has 2 rings (SSSR count). The topological polar surface area (TPSA) is 41.6 Å². The molecule has 0 aromatic carbocycles. The molecular formula is C12H22N2O2. The van der Waals surface area contributed by atoms with Crippen molar-refractivity contribution in [2.75, 3.05) is 26.2 Å². The number of hydrogen-bond acceptors (Lipinski definition) is 3. The van der Waals surface area contributed by atoms with E-state index in [1.54, 1.807) is 0 Å². The monoisotopic (exact) mass is 226 g/mol. The lowest BCUT2D eigenvalue weighted by molar-refractivity contribution is -0.148. The van der Waals surface area contributed by atoms with Gasteiger partial charge in [-0.1, -0.05) is 0 Å². The lowest BCUT2D eigenvalue weighted by Crippen LogP contribution is -2.53. The van der Waals surface area contributed by atoms with Crippen LogP contribution in [0.3, 0.4) is 0 Å². The highest BCUT2D eigenvalue weighted by Gasteiger charge is 2.32. The molecule has 2 fully saturated rings. The van der Waals surface area contributed by atoms with E-state index in [1.165, 1.54) is 0 Å². The number of piperidine rings is 1. The molecule has 2 heterocycles. The second-order valence-corrected chi connectivity index (χ2v) is 5.03. The molecule has 0 bridgehead atoms. The third-order valence-corrected chi connectivity index (χ3v) is 3.54. The number of amides is 1. The van der Waals surface area contributed by atoms with Gasteiger partial charge in [0.05, 0.1) is 24.7 Å². The van der Waals surface area contributed by atoms with E-state index < -0.39 is 0 Å². The molecule has 3 atom stereocenters. The van der Waals surface area contributed by atoms with Crippen LogP contribution in [0.4, 0.5) is 0 Å². The summed E-state index contributed by atoms with van der Waals surface area (Å²) in [6, 6.07) is 0.227. The Morgan fingerprint density at radius 3 is 2.94 bits per heavy atom. The standard InChI is InChI=1S/C12H22N2O2/c1-9-8-16-10(2)7-14(9)12(15)11-4-3-5-13-6-11/h9-11,13H,3-8H2,1-2H3/t9?,10?,11-/m0/s1. The van der Waals surface area contributed by atoms with Crippen molar-refractivity contribution in [2.24, 2.45) is 5.92 Å². The highest BCUT2D eigenvalue weighted by Crippen LogP contribution is 2.18. The Hall–Kier alpha value is -0.610. The zero-order chi connectivity index (χ0) is 11.5. The van der Waals surface area contributed by atoms with Gasteiger partial charge in [-0.3, -0.25) is 4.79 Å². The molecule has 92 valence electrons. The van der Waals surface area contributed by atoms with Crippen LogP contribution in [0.2, 0.25) is 0 Å². The summed E-state index contributed by atoms with van der Waals surface area (Å²) < 4.78 is 5.55. The van der Waals surface area contributed by atoms with Gasteiger partial charge < -0.3 is 15.0 Å². The smallest absolute Gasteiger partial charge is 0.227 e. The van der Waals surface area contributed by atoms with Crippen LogP contribution in [0.5, 0.6) is 0 Å². The molecule has 2 aliphatic heterocycles. The molecule has 0 aliphatic carbocycles. The molecule has 2 unspecified atom stereocenters. The molecule has 0 spiro atoms. The molecule has 0 saturated carbocycles. The fraction of sp³-hybridized carbons (Fsp3) is 0.917. The molecule has 4 nitrogen and oxygen atoms in total. The van der Waals surface area contributed by atoms with E-state index in [1.807, 2.05) is 11.8 Å². The number of carbonyl (C=O) groups excluding carboxylic acids is 1. The van der Waals surface area contributed by atoms with Crippen LogP contribution in [0, 0.1) is 5.92 Å². The van der Waals surface area contributed by atoms with Gasteiger partial charge in [-0.15, -0.1) is 0 Å². The molecule has 16 heavy (non-hydrogen) atoms. The second-order valence-electron chi connectivity index (χ2n) is 5.03. The number of ether oxygens (including phenoxy) is 1. The molecule has 0 aromatic heterocycles. The number of nitrogens with one attached hydrogen (secondary N) is 1. The summed E-state index contributed by atoms with van der Waals surface area (Å²) in [5.41, 5.74) is 0. The molecule has 2 aliphatic rings. The first kappa shape index (κ1) is 11.9. The average Bonchev–Trinajstić information content (AvgIpc) is 2.32. The Bertz CT molecular complexity index is 251. The van der Waals surface area contributed by atoms with Crippen LogP contribution in [-0.4, -0.2) is 49.2 Å². The molecular weight excluding hydrogens is 204 g/mol. The fourth-order valence-corrected chi connectivity index (χ4v) is 2.51. The van der Waals surface area contributed by atoms with Crippen molar-refractivity contribution in [1.82, 2.24) is 10.2 Å². The van der Waals surface area contributed by atoms with Gasteiger partial charge in [0.1, 0.15) is 0 Å². The SMILES string of the molecule is CC1CN(C(=O)[C@H]2CCCNC2)C(C)CO1. The Labute approximate surface area is 97.3 Å². The van der Waals surface area contributed by atoms with Crippen molar-refractivity contribution < 1.29 is 9.53 Å². The summed E-state index contributed by atoms with van der Waals surface area (Å²) in [6.07, 6.45) is 2.33.